The van der Waals surface area contributed by atoms with Crippen LogP contribution in [0.25, 0.3) is 11.3 Å². The molecule has 1 saturated carbocycles. The van der Waals surface area contributed by atoms with E-state index in [0.29, 0.717) is 12.6 Å². The van der Waals surface area contributed by atoms with E-state index in [4.69, 9.17) is 0 Å². The first-order valence-corrected chi connectivity index (χ1v) is 9.82. The van der Waals surface area contributed by atoms with Gasteiger partial charge in [0.1, 0.15) is 5.01 Å². The monoisotopic (exact) mass is 367 g/mol. The Morgan fingerprint density at radius 2 is 1.85 bits per heavy atom. The molecule has 26 heavy (non-hydrogen) atoms. The quantitative estimate of drug-likeness (QED) is 0.746. The van der Waals surface area contributed by atoms with Crippen molar-refractivity contribution in [1.82, 2.24) is 20.0 Å². The van der Waals surface area contributed by atoms with E-state index in [1.54, 1.807) is 12.1 Å². The normalized spacial score (nSPS) is 15.1. The topological polar surface area (TPSA) is 72.7 Å². The Labute approximate surface area is 155 Å². The summed E-state index contributed by atoms with van der Waals surface area (Å²) in [6.45, 7) is 0.337. The van der Waals surface area contributed by atoms with Crippen LogP contribution >= 0.6 is 11.3 Å². The molecule has 3 aromatic rings. The minimum atomic E-state index is -0.137. The number of anilines is 1. The van der Waals surface area contributed by atoms with E-state index >= 15 is 0 Å². The van der Waals surface area contributed by atoms with Gasteiger partial charge in [-0.05, 0) is 18.9 Å². The Morgan fingerprint density at radius 1 is 1.04 bits per heavy atom. The SMILES string of the molecule is O=c1ccc(-c2ccccc2)nn1Cc1nnc(NC2CCCCC2)s1. The third kappa shape index (κ3) is 3.99. The van der Waals surface area contributed by atoms with Crippen LogP contribution in [0.15, 0.2) is 47.3 Å². The van der Waals surface area contributed by atoms with Crippen molar-refractivity contribution in [3.63, 3.8) is 0 Å². The van der Waals surface area contributed by atoms with Crippen molar-refractivity contribution < 1.29 is 0 Å². The fourth-order valence-electron chi connectivity index (χ4n) is 3.25. The van der Waals surface area contributed by atoms with Gasteiger partial charge in [0.2, 0.25) is 5.13 Å². The maximum Gasteiger partial charge on any atom is 0.267 e. The Kier molecular flexibility index (Phi) is 5.06. The van der Waals surface area contributed by atoms with Gasteiger partial charge in [0, 0.05) is 17.7 Å². The molecule has 0 aliphatic heterocycles. The molecule has 2 aromatic heterocycles. The van der Waals surface area contributed by atoms with Crippen molar-refractivity contribution in [3.05, 3.63) is 57.8 Å². The smallest absolute Gasteiger partial charge is 0.267 e. The summed E-state index contributed by atoms with van der Waals surface area (Å²) < 4.78 is 1.45. The van der Waals surface area contributed by atoms with Crippen molar-refractivity contribution in [3.8, 4) is 11.3 Å². The number of rotatable bonds is 5. The molecule has 0 spiro atoms. The van der Waals surface area contributed by atoms with Crippen LogP contribution in [-0.4, -0.2) is 26.0 Å². The van der Waals surface area contributed by atoms with Gasteiger partial charge in [-0.25, -0.2) is 4.68 Å². The van der Waals surface area contributed by atoms with E-state index in [0.717, 1.165) is 21.4 Å². The lowest BCUT2D eigenvalue weighted by Crippen LogP contribution is -2.22. The highest BCUT2D eigenvalue weighted by atomic mass is 32.1. The van der Waals surface area contributed by atoms with Crippen LogP contribution in [0.4, 0.5) is 5.13 Å². The Balaban J connectivity index is 1.49. The number of nitrogens with one attached hydrogen (secondary N) is 1. The summed E-state index contributed by atoms with van der Waals surface area (Å²) in [7, 11) is 0. The molecular formula is C19H21N5OS. The van der Waals surface area contributed by atoms with Gasteiger partial charge in [-0.1, -0.05) is 60.9 Å². The van der Waals surface area contributed by atoms with Crippen LogP contribution in [-0.2, 0) is 6.54 Å². The largest absolute Gasteiger partial charge is 0.357 e. The second-order valence-corrected chi connectivity index (χ2v) is 7.62. The van der Waals surface area contributed by atoms with E-state index in [1.165, 1.54) is 48.1 Å². The minimum absolute atomic E-state index is 0.137. The Hall–Kier alpha value is -2.54. The highest BCUT2D eigenvalue weighted by Crippen LogP contribution is 2.24. The minimum Gasteiger partial charge on any atom is -0.357 e. The molecule has 0 saturated heterocycles. The summed E-state index contributed by atoms with van der Waals surface area (Å²) >= 11 is 1.50. The van der Waals surface area contributed by atoms with Gasteiger partial charge >= 0.3 is 0 Å². The van der Waals surface area contributed by atoms with E-state index in [1.807, 2.05) is 30.3 Å². The summed E-state index contributed by atoms with van der Waals surface area (Å²) in [5.74, 6) is 0. The predicted molar refractivity (Wildman–Crippen MR) is 103 cm³/mol. The van der Waals surface area contributed by atoms with Gasteiger partial charge < -0.3 is 5.32 Å². The zero-order chi connectivity index (χ0) is 17.8. The molecule has 134 valence electrons. The molecule has 1 aliphatic rings. The van der Waals surface area contributed by atoms with Crippen molar-refractivity contribution in [2.45, 2.75) is 44.7 Å². The fraction of sp³-hybridized carbons (Fsp3) is 0.368. The standard InChI is InChI=1S/C19H21N5OS/c25-18-12-11-16(14-7-3-1-4-8-14)23-24(18)13-17-21-22-19(26-17)20-15-9-5-2-6-10-15/h1,3-4,7-8,11-12,15H,2,5-6,9-10,13H2,(H,20,22). The first-order chi connectivity index (χ1) is 12.8. The maximum atomic E-state index is 12.2. The molecule has 1 aromatic carbocycles. The highest BCUT2D eigenvalue weighted by Gasteiger charge is 2.15. The first kappa shape index (κ1) is 16.9. The molecule has 0 radical (unpaired) electrons. The van der Waals surface area contributed by atoms with Gasteiger partial charge in [0.05, 0.1) is 12.2 Å². The molecular weight excluding hydrogens is 346 g/mol. The zero-order valence-electron chi connectivity index (χ0n) is 14.5. The van der Waals surface area contributed by atoms with Crippen LogP contribution in [0.5, 0.6) is 0 Å². The summed E-state index contributed by atoms with van der Waals surface area (Å²) in [6, 6.07) is 13.6. The molecule has 6 nitrogen and oxygen atoms in total. The molecule has 0 bridgehead atoms. The van der Waals surface area contributed by atoms with E-state index < -0.39 is 0 Å². The number of hydrogen-bond acceptors (Lipinski definition) is 6. The molecule has 2 heterocycles. The van der Waals surface area contributed by atoms with E-state index in [-0.39, 0.29) is 5.56 Å². The average Bonchev–Trinajstić information content (AvgIpc) is 3.12. The molecule has 0 atom stereocenters. The number of aromatic nitrogens is 4. The summed E-state index contributed by atoms with van der Waals surface area (Å²) in [6.07, 6.45) is 6.25. The van der Waals surface area contributed by atoms with Crippen LogP contribution in [0.3, 0.4) is 0 Å². The second kappa shape index (κ2) is 7.78. The highest BCUT2D eigenvalue weighted by molar-refractivity contribution is 7.15. The number of hydrogen-bond donors (Lipinski definition) is 1. The zero-order valence-corrected chi connectivity index (χ0v) is 15.3. The van der Waals surface area contributed by atoms with Gasteiger partial charge in [0.25, 0.3) is 5.56 Å². The van der Waals surface area contributed by atoms with Crippen LogP contribution in [0.1, 0.15) is 37.1 Å². The lowest BCUT2D eigenvalue weighted by molar-refractivity contribution is 0.462. The van der Waals surface area contributed by atoms with Gasteiger partial charge in [0.15, 0.2) is 0 Å². The van der Waals surface area contributed by atoms with Gasteiger partial charge in [-0.15, -0.1) is 10.2 Å². The third-order valence-corrected chi connectivity index (χ3v) is 5.46. The van der Waals surface area contributed by atoms with Crippen LogP contribution in [0, 0.1) is 0 Å². The van der Waals surface area contributed by atoms with Crippen molar-refractivity contribution in [2.24, 2.45) is 0 Å². The fourth-order valence-corrected chi connectivity index (χ4v) is 4.05. The van der Waals surface area contributed by atoms with Crippen molar-refractivity contribution in [2.75, 3.05) is 5.32 Å². The Morgan fingerprint density at radius 3 is 2.65 bits per heavy atom. The lowest BCUT2D eigenvalue weighted by atomic mass is 9.96. The van der Waals surface area contributed by atoms with Crippen LogP contribution in [0.2, 0.25) is 0 Å². The van der Waals surface area contributed by atoms with Crippen LogP contribution < -0.4 is 10.9 Å². The second-order valence-electron chi connectivity index (χ2n) is 6.56. The van der Waals surface area contributed by atoms with Crippen molar-refractivity contribution in [1.29, 1.82) is 0 Å². The molecule has 1 aliphatic carbocycles. The molecule has 0 unspecified atom stereocenters. The molecule has 1 N–H and O–H groups in total. The number of nitrogens with zero attached hydrogens (tertiary/aromatic N) is 4. The van der Waals surface area contributed by atoms with Crippen molar-refractivity contribution >= 4 is 16.5 Å². The lowest BCUT2D eigenvalue weighted by Gasteiger charge is -2.21. The van der Waals surface area contributed by atoms with E-state index in [2.05, 4.69) is 20.6 Å². The van der Waals surface area contributed by atoms with Gasteiger partial charge in [-0.3, -0.25) is 4.79 Å². The Bertz CT molecular complexity index is 915. The number of benzene rings is 1. The van der Waals surface area contributed by atoms with E-state index in [9.17, 15) is 4.79 Å². The summed E-state index contributed by atoms with van der Waals surface area (Å²) in [4.78, 5) is 12.2. The average molecular weight is 367 g/mol. The molecule has 1 fully saturated rings. The predicted octanol–water partition coefficient (Wildman–Crippen LogP) is 3.55. The molecule has 0 amide bonds. The maximum absolute atomic E-state index is 12.2. The summed E-state index contributed by atoms with van der Waals surface area (Å²) in [5.41, 5.74) is 1.62. The first-order valence-electron chi connectivity index (χ1n) is 9.00. The molecule has 4 rings (SSSR count). The third-order valence-electron chi connectivity index (χ3n) is 4.62. The summed E-state index contributed by atoms with van der Waals surface area (Å²) in [5, 5.41) is 18.0. The van der Waals surface area contributed by atoms with Gasteiger partial charge in [-0.2, -0.15) is 5.10 Å². The molecule has 7 heteroatoms.